The highest BCUT2D eigenvalue weighted by Gasteiger charge is 2.33. The summed E-state index contributed by atoms with van der Waals surface area (Å²) < 4.78 is 0. The van der Waals surface area contributed by atoms with Crippen molar-refractivity contribution >= 4 is 10.9 Å². The van der Waals surface area contributed by atoms with Crippen LogP contribution in [0.2, 0.25) is 0 Å². The van der Waals surface area contributed by atoms with E-state index in [4.69, 9.17) is 0 Å². The van der Waals surface area contributed by atoms with Crippen LogP contribution in [0, 0.1) is 5.92 Å². The van der Waals surface area contributed by atoms with E-state index in [0.29, 0.717) is 12.5 Å². The van der Waals surface area contributed by atoms with Gasteiger partial charge in [-0.05, 0) is 31.2 Å². The average Bonchev–Trinajstić information content (AvgIpc) is 3.10. The maximum absolute atomic E-state index is 10.6. The number of benzene rings is 1. The predicted octanol–water partition coefficient (Wildman–Crippen LogP) is 2.59. The first-order valence-corrected chi connectivity index (χ1v) is 7.51. The number of para-hydroxylation sites is 1. The van der Waals surface area contributed by atoms with Crippen molar-refractivity contribution in [2.24, 2.45) is 5.92 Å². The van der Waals surface area contributed by atoms with Crippen LogP contribution in [-0.4, -0.2) is 27.4 Å². The zero-order valence-electron chi connectivity index (χ0n) is 12.0. The summed E-state index contributed by atoms with van der Waals surface area (Å²) in [5.74, 6) is 0.443. The van der Waals surface area contributed by atoms with E-state index in [0.717, 1.165) is 30.3 Å². The zero-order valence-corrected chi connectivity index (χ0v) is 12.0. The Hall–Kier alpha value is -1.39. The van der Waals surface area contributed by atoms with Crippen molar-refractivity contribution in [1.29, 1.82) is 0 Å². The summed E-state index contributed by atoms with van der Waals surface area (Å²) in [4.78, 5) is 0. The third-order valence-corrected chi connectivity index (χ3v) is 4.60. The van der Waals surface area contributed by atoms with Gasteiger partial charge in [0.05, 0.1) is 17.3 Å². The van der Waals surface area contributed by atoms with E-state index < -0.39 is 5.60 Å². The number of aromatic nitrogens is 2. The fraction of sp³-hybridized carbons (Fsp3) is 0.562. The Balaban J connectivity index is 1.61. The first kappa shape index (κ1) is 13.6. The number of aromatic amines is 1. The number of hydrogen-bond acceptors (Lipinski definition) is 3. The lowest BCUT2D eigenvalue weighted by molar-refractivity contribution is 0.00218. The molecule has 3 rings (SSSR count). The van der Waals surface area contributed by atoms with E-state index in [1.54, 1.807) is 0 Å². The van der Waals surface area contributed by atoms with E-state index in [-0.39, 0.29) is 0 Å². The molecule has 1 atom stereocenters. The monoisotopic (exact) mass is 273 g/mol. The van der Waals surface area contributed by atoms with E-state index >= 15 is 0 Å². The lowest BCUT2D eigenvalue weighted by Crippen LogP contribution is -2.43. The van der Waals surface area contributed by atoms with E-state index in [1.807, 2.05) is 19.2 Å². The Morgan fingerprint density at radius 1 is 1.40 bits per heavy atom. The van der Waals surface area contributed by atoms with Crippen molar-refractivity contribution in [2.75, 3.05) is 6.54 Å². The van der Waals surface area contributed by atoms with E-state index in [2.05, 4.69) is 27.6 Å². The minimum Gasteiger partial charge on any atom is -0.389 e. The topological polar surface area (TPSA) is 60.9 Å². The van der Waals surface area contributed by atoms with Crippen molar-refractivity contribution < 1.29 is 5.11 Å². The third kappa shape index (κ3) is 2.72. The minimum atomic E-state index is -0.599. The number of nitrogens with one attached hydrogen (secondary N) is 2. The number of nitrogens with zero attached hydrogens (tertiary/aromatic N) is 1. The molecule has 1 aromatic carbocycles. The molecule has 1 saturated carbocycles. The summed E-state index contributed by atoms with van der Waals surface area (Å²) in [5, 5.41) is 22.2. The largest absolute Gasteiger partial charge is 0.389 e. The SMILES string of the molecule is CC(O)(CNCc1cccc2cn[nH]c12)C1CCCC1. The molecule has 0 aliphatic heterocycles. The summed E-state index contributed by atoms with van der Waals surface area (Å²) in [7, 11) is 0. The number of hydrogen-bond donors (Lipinski definition) is 3. The van der Waals surface area contributed by atoms with Gasteiger partial charge in [-0.25, -0.2) is 0 Å². The van der Waals surface area contributed by atoms with Crippen LogP contribution in [0.15, 0.2) is 24.4 Å². The van der Waals surface area contributed by atoms with Crippen LogP contribution in [0.1, 0.15) is 38.2 Å². The van der Waals surface area contributed by atoms with Crippen molar-refractivity contribution in [1.82, 2.24) is 15.5 Å². The number of aliphatic hydroxyl groups is 1. The second-order valence-corrected chi connectivity index (χ2v) is 6.19. The fourth-order valence-corrected chi connectivity index (χ4v) is 3.32. The molecule has 108 valence electrons. The van der Waals surface area contributed by atoms with Gasteiger partial charge in [-0.3, -0.25) is 5.10 Å². The van der Waals surface area contributed by atoms with Crippen LogP contribution in [-0.2, 0) is 6.54 Å². The molecule has 0 spiro atoms. The minimum absolute atomic E-state index is 0.443. The first-order valence-electron chi connectivity index (χ1n) is 7.51. The molecule has 3 N–H and O–H groups in total. The smallest absolute Gasteiger partial charge is 0.0771 e. The lowest BCUT2D eigenvalue weighted by atomic mass is 9.87. The Labute approximate surface area is 119 Å². The maximum Gasteiger partial charge on any atom is 0.0771 e. The fourth-order valence-electron chi connectivity index (χ4n) is 3.32. The second-order valence-electron chi connectivity index (χ2n) is 6.19. The van der Waals surface area contributed by atoms with Gasteiger partial charge < -0.3 is 10.4 Å². The molecular weight excluding hydrogens is 250 g/mol. The molecule has 2 aromatic rings. The summed E-state index contributed by atoms with van der Waals surface area (Å²) in [6.45, 7) is 3.36. The molecule has 0 bridgehead atoms. The standard InChI is InChI=1S/C16H23N3O/c1-16(20,14-7-2-3-8-14)11-17-9-12-5-4-6-13-10-18-19-15(12)13/h4-6,10,14,17,20H,2-3,7-9,11H2,1H3,(H,18,19). The van der Waals surface area contributed by atoms with Crippen LogP contribution < -0.4 is 5.32 Å². The molecule has 1 fully saturated rings. The zero-order chi connectivity index (χ0) is 14.0. The highest BCUT2D eigenvalue weighted by molar-refractivity contribution is 5.81. The van der Waals surface area contributed by atoms with Gasteiger partial charge >= 0.3 is 0 Å². The van der Waals surface area contributed by atoms with Crippen LogP contribution in [0.25, 0.3) is 10.9 Å². The molecule has 0 radical (unpaired) electrons. The average molecular weight is 273 g/mol. The molecular formula is C16H23N3O. The van der Waals surface area contributed by atoms with Crippen LogP contribution >= 0.6 is 0 Å². The van der Waals surface area contributed by atoms with Crippen LogP contribution in [0.5, 0.6) is 0 Å². The molecule has 0 saturated heterocycles. The number of H-pyrrole nitrogens is 1. The Morgan fingerprint density at radius 2 is 2.20 bits per heavy atom. The normalized spacial score (nSPS) is 19.5. The number of fused-ring (bicyclic) bond motifs is 1. The van der Waals surface area contributed by atoms with Gasteiger partial charge in [0.25, 0.3) is 0 Å². The summed E-state index contributed by atoms with van der Waals surface area (Å²) in [5.41, 5.74) is 1.68. The predicted molar refractivity (Wildman–Crippen MR) is 80.4 cm³/mol. The van der Waals surface area contributed by atoms with Gasteiger partial charge in [0.1, 0.15) is 0 Å². The second kappa shape index (κ2) is 5.54. The van der Waals surface area contributed by atoms with Gasteiger partial charge in [-0.2, -0.15) is 5.10 Å². The van der Waals surface area contributed by atoms with Crippen molar-refractivity contribution in [3.63, 3.8) is 0 Å². The first-order chi connectivity index (χ1) is 9.67. The van der Waals surface area contributed by atoms with Gasteiger partial charge in [0.15, 0.2) is 0 Å². The van der Waals surface area contributed by atoms with Gasteiger partial charge in [0.2, 0.25) is 0 Å². The molecule has 20 heavy (non-hydrogen) atoms. The van der Waals surface area contributed by atoms with Crippen molar-refractivity contribution in [3.05, 3.63) is 30.0 Å². The van der Waals surface area contributed by atoms with Gasteiger partial charge in [-0.1, -0.05) is 31.0 Å². The highest BCUT2D eigenvalue weighted by atomic mass is 16.3. The third-order valence-electron chi connectivity index (χ3n) is 4.60. The van der Waals surface area contributed by atoms with Crippen LogP contribution in [0.3, 0.4) is 0 Å². The Kier molecular flexibility index (Phi) is 3.76. The van der Waals surface area contributed by atoms with Crippen molar-refractivity contribution in [2.45, 2.75) is 44.8 Å². The molecule has 1 unspecified atom stereocenters. The van der Waals surface area contributed by atoms with E-state index in [9.17, 15) is 5.11 Å². The molecule has 1 aromatic heterocycles. The molecule has 1 aliphatic rings. The van der Waals surface area contributed by atoms with Crippen LogP contribution in [0.4, 0.5) is 0 Å². The summed E-state index contributed by atoms with van der Waals surface area (Å²) >= 11 is 0. The molecule has 4 nitrogen and oxygen atoms in total. The highest BCUT2D eigenvalue weighted by Crippen LogP contribution is 2.33. The van der Waals surface area contributed by atoms with Gasteiger partial charge in [-0.15, -0.1) is 0 Å². The van der Waals surface area contributed by atoms with Gasteiger partial charge in [0, 0.05) is 18.5 Å². The quantitative estimate of drug-likeness (QED) is 0.784. The number of rotatable bonds is 5. The van der Waals surface area contributed by atoms with Crippen molar-refractivity contribution in [3.8, 4) is 0 Å². The molecule has 1 heterocycles. The lowest BCUT2D eigenvalue weighted by Gasteiger charge is -2.30. The van der Waals surface area contributed by atoms with E-state index in [1.165, 1.54) is 18.4 Å². The molecule has 4 heteroatoms. The summed E-state index contributed by atoms with van der Waals surface area (Å²) in [6.07, 6.45) is 6.67. The maximum atomic E-state index is 10.6. The Bertz CT molecular complexity index is 570. The Morgan fingerprint density at radius 3 is 3.00 bits per heavy atom. The molecule has 0 amide bonds. The summed E-state index contributed by atoms with van der Waals surface area (Å²) in [6, 6.07) is 6.19. The molecule has 1 aliphatic carbocycles.